The third kappa shape index (κ3) is 1.60. The van der Waals surface area contributed by atoms with E-state index in [1.807, 2.05) is 12.1 Å². The van der Waals surface area contributed by atoms with Crippen LogP contribution in [0.25, 0.3) is 0 Å². The lowest BCUT2D eigenvalue weighted by molar-refractivity contribution is 0.589. The van der Waals surface area contributed by atoms with E-state index in [0.29, 0.717) is 12.0 Å². The van der Waals surface area contributed by atoms with Crippen LogP contribution >= 0.6 is 0 Å². The molecule has 0 spiro atoms. The SMILES string of the molecule is C=C[C@@H](C)[C@H]1CNc2ccccc2N1. The van der Waals surface area contributed by atoms with Gasteiger partial charge in [-0.2, -0.15) is 0 Å². The highest BCUT2D eigenvalue weighted by Gasteiger charge is 2.19. The molecule has 2 atom stereocenters. The second-order valence-electron chi connectivity index (χ2n) is 3.77. The maximum absolute atomic E-state index is 3.82. The van der Waals surface area contributed by atoms with Gasteiger partial charge >= 0.3 is 0 Å². The van der Waals surface area contributed by atoms with Crippen LogP contribution in [0.1, 0.15) is 6.92 Å². The van der Waals surface area contributed by atoms with E-state index in [0.717, 1.165) is 6.54 Å². The molecule has 2 heteroatoms. The zero-order valence-corrected chi connectivity index (χ0v) is 8.46. The van der Waals surface area contributed by atoms with Gasteiger partial charge in [0.25, 0.3) is 0 Å². The Morgan fingerprint density at radius 1 is 1.43 bits per heavy atom. The van der Waals surface area contributed by atoms with Crippen molar-refractivity contribution in [1.29, 1.82) is 0 Å². The molecule has 0 saturated carbocycles. The van der Waals surface area contributed by atoms with Crippen molar-refractivity contribution in [3.05, 3.63) is 36.9 Å². The van der Waals surface area contributed by atoms with E-state index >= 15 is 0 Å². The van der Waals surface area contributed by atoms with E-state index in [2.05, 4.69) is 42.3 Å². The summed E-state index contributed by atoms with van der Waals surface area (Å²) in [6, 6.07) is 8.74. The third-order valence-corrected chi connectivity index (χ3v) is 2.79. The summed E-state index contributed by atoms with van der Waals surface area (Å²) in [5.41, 5.74) is 2.39. The summed E-state index contributed by atoms with van der Waals surface area (Å²) in [7, 11) is 0. The minimum Gasteiger partial charge on any atom is -0.381 e. The molecule has 0 fully saturated rings. The first-order chi connectivity index (χ1) is 6.81. The number of anilines is 2. The molecule has 0 bridgehead atoms. The Morgan fingerprint density at radius 3 is 2.86 bits per heavy atom. The number of rotatable bonds is 2. The lowest BCUT2D eigenvalue weighted by atomic mass is 9.99. The molecule has 2 nitrogen and oxygen atoms in total. The van der Waals surface area contributed by atoms with Crippen LogP contribution in [-0.2, 0) is 0 Å². The van der Waals surface area contributed by atoms with Crippen molar-refractivity contribution < 1.29 is 0 Å². The molecule has 2 rings (SSSR count). The largest absolute Gasteiger partial charge is 0.381 e. The summed E-state index contributed by atoms with van der Waals surface area (Å²) >= 11 is 0. The minimum atomic E-state index is 0.447. The molecule has 0 saturated heterocycles. The van der Waals surface area contributed by atoms with Gasteiger partial charge in [0.2, 0.25) is 0 Å². The second kappa shape index (κ2) is 3.74. The number of hydrogen-bond acceptors (Lipinski definition) is 2. The minimum absolute atomic E-state index is 0.447. The Morgan fingerprint density at radius 2 is 2.14 bits per heavy atom. The molecule has 0 unspecified atom stereocenters. The highest BCUT2D eigenvalue weighted by atomic mass is 15.1. The predicted molar refractivity (Wildman–Crippen MR) is 61.7 cm³/mol. The topological polar surface area (TPSA) is 24.1 Å². The van der Waals surface area contributed by atoms with Crippen molar-refractivity contribution in [1.82, 2.24) is 0 Å². The molecule has 0 radical (unpaired) electrons. The maximum atomic E-state index is 3.82. The van der Waals surface area contributed by atoms with Crippen LogP contribution in [0.3, 0.4) is 0 Å². The van der Waals surface area contributed by atoms with Crippen molar-refractivity contribution in [2.45, 2.75) is 13.0 Å². The van der Waals surface area contributed by atoms with Crippen molar-refractivity contribution in [2.24, 2.45) is 5.92 Å². The zero-order valence-electron chi connectivity index (χ0n) is 8.46. The Balaban J connectivity index is 2.17. The van der Waals surface area contributed by atoms with Gasteiger partial charge < -0.3 is 10.6 Å². The lowest BCUT2D eigenvalue weighted by Crippen LogP contribution is -2.37. The van der Waals surface area contributed by atoms with E-state index in [-0.39, 0.29) is 0 Å². The fourth-order valence-electron chi connectivity index (χ4n) is 1.72. The van der Waals surface area contributed by atoms with Crippen LogP contribution in [0.15, 0.2) is 36.9 Å². The van der Waals surface area contributed by atoms with Crippen LogP contribution in [0, 0.1) is 5.92 Å². The standard InChI is InChI=1S/C12H16N2/c1-3-9(2)12-8-13-10-6-4-5-7-11(10)14-12/h3-7,9,12-14H,1,8H2,2H3/t9-,12-/m1/s1. The molecule has 1 aromatic rings. The average molecular weight is 188 g/mol. The van der Waals surface area contributed by atoms with Gasteiger partial charge in [0, 0.05) is 12.6 Å². The van der Waals surface area contributed by atoms with Crippen molar-refractivity contribution in [2.75, 3.05) is 17.2 Å². The fraction of sp³-hybridized carbons (Fsp3) is 0.333. The first kappa shape index (κ1) is 9.13. The Bertz CT molecular complexity index is 333. The molecule has 74 valence electrons. The van der Waals surface area contributed by atoms with Crippen LogP contribution in [0.2, 0.25) is 0 Å². The lowest BCUT2D eigenvalue weighted by Gasteiger charge is -2.31. The second-order valence-corrected chi connectivity index (χ2v) is 3.77. The average Bonchev–Trinajstić information content (AvgIpc) is 2.27. The van der Waals surface area contributed by atoms with Gasteiger partial charge in [0.15, 0.2) is 0 Å². The Labute approximate surface area is 85.0 Å². The molecule has 1 aromatic carbocycles. The van der Waals surface area contributed by atoms with Crippen LogP contribution in [0.4, 0.5) is 11.4 Å². The van der Waals surface area contributed by atoms with Gasteiger partial charge in [-0.15, -0.1) is 6.58 Å². The number of hydrogen-bond donors (Lipinski definition) is 2. The summed E-state index contributed by atoms with van der Waals surface area (Å²) in [5, 5.41) is 6.93. The summed E-state index contributed by atoms with van der Waals surface area (Å²) in [6.45, 7) is 6.97. The molecule has 2 N–H and O–H groups in total. The van der Waals surface area contributed by atoms with Gasteiger partial charge in [-0.1, -0.05) is 25.1 Å². The van der Waals surface area contributed by atoms with E-state index < -0.39 is 0 Å². The van der Waals surface area contributed by atoms with Gasteiger partial charge in [-0.25, -0.2) is 0 Å². The maximum Gasteiger partial charge on any atom is 0.0578 e. The van der Waals surface area contributed by atoms with Gasteiger partial charge in [0.1, 0.15) is 0 Å². The molecule has 0 aliphatic carbocycles. The molecule has 1 aliphatic heterocycles. The Hall–Kier alpha value is -1.44. The molecule has 1 aliphatic rings. The fourth-order valence-corrected chi connectivity index (χ4v) is 1.72. The summed E-state index contributed by atoms with van der Waals surface area (Å²) in [4.78, 5) is 0. The molecular formula is C12H16N2. The molecule has 0 aromatic heterocycles. The van der Waals surface area contributed by atoms with Crippen molar-refractivity contribution in [3.63, 3.8) is 0 Å². The number of nitrogens with one attached hydrogen (secondary N) is 2. The molecule has 14 heavy (non-hydrogen) atoms. The quantitative estimate of drug-likeness (QED) is 0.697. The first-order valence-corrected chi connectivity index (χ1v) is 5.03. The normalized spacial score (nSPS) is 21.4. The number of fused-ring (bicyclic) bond motifs is 1. The predicted octanol–water partition coefficient (Wildman–Crippen LogP) is 2.71. The number of para-hydroxylation sites is 2. The van der Waals surface area contributed by atoms with Gasteiger partial charge in [-0.05, 0) is 18.1 Å². The zero-order chi connectivity index (χ0) is 9.97. The highest BCUT2D eigenvalue weighted by molar-refractivity contribution is 5.71. The molecular weight excluding hydrogens is 172 g/mol. The van der Waals surface area contributed by atoms with Gasteiger partial charge in [0.05, 0.1) is 11.4 Å². The Kier molecular flexibility index (Phi) is 2.44. The monoisotopic (exact) mass is 188 g/mol. The highest BCUT2D eigenvalue weighted by Crippen LogP contribution is 2.27. The van der Waals surface area contributed by atoms with Crippen molar-refractivity contribution in [3.8, 4) is 0 Å². The smallest absolute Gasteiger partial charge is 0.0578 e. The van der Waals surface area contributed by atoms with Crippen LogP contribution in [0.5, 0.6) is 0 Å². The van der Waals surface area contributed by atoms with Crippen LogP contribution < -0.4 is 10.6 Å². The first-order valence-electron chi connectivity index (χ1n) is 5.03. The van der Waals surface area contributed by atoms with Crippen LogP contribution in [-0.4, -0.2) is 12.6 Å². The summed E-state index contributed by atoms with van der Waals surface area (Å²) in [6.07, 6.45) is 1.99. The summed E-state index contributed by atoms with van der Waals surface area (Å²) in [5.74, 6) is 0.482. The van der Waals surface area contributed by atoms with Gasteiger partial charge in [-0.3, -0.25) is 0 Å². The third-order valence-electron chi connectivity index (χ3n) is 2.79. The number of benzene rings is 1. The molecule has 1 heterocycles. The summed E-state index contributed by atoms with van der Waals surface area (Å²) < 4.78 is 0. The molecule has 0 amide bonds. The van der Waals surface area contributed by atoms with E-state index in [1.54, 1.807) is 0 Å². The van der Waals surface area contributed by atoms with E-state index in [4.69, 9.17) is 0 Å². The van der Waals surface area contributed by atoms with E-state index in [1.165, 1.54) is 11.4 Å². The van der Waals surface area contributed by atoms with Crippen molar-refractivity contribution >= 4 is 11.4 Å². The van der Waals surface area contributed by atoms with E-state index in [9.17, 15) is 0 Å².